The zero-order valence-corrected chi connectivity index (χ0v) is 12.0. The molecule has 0 atom stereocenters. The van der Waals surface area contributed by atoms with E-state index in [2.05, 4.69) is 19.7 Å². The predicted octanol–water partition coefficient (Wildman–Crippen LogP) is 1.84. The second kappa shape index (κ2) is 6.33. The van der Waals surface area contributed by atoms with Gasteiger partial charge in [-0.25, -0.2) is 14.8 Å². The SMILES string of the molecule is COC(=O)c1ccc(CSc2nc(C)cc(N)n2)nc1. The normalized spacial score (nSPS) is 10.3. The van der Waals surface area contributed by atoms with Crippen LogP contribution < -0.4 is 5.73 Å². The first-order valence-corrected chi connectivity index (χ1v) is 6.84. The van der Waals surface area contributed by atoms with Crippen LogP contribution in [-0.2, 0) is 10.5 Å². The van der Waals surface area contributed by atoms with Gasteiger partial charge in [0.25, 0.3) is 0 Å². The molecule has 0 unspecified atom stereocenters. The highest BCUT2D eigenvalue weighted by atomic mass is 32.2. The Kier molecular flexibility index (Phi) is 4.52. The van der Waals surface area contributed by atoms with E-state index in [4.69, 9.17) is 5.73 Å². The number of aromatic nitrogens is 3. The number of carbonyl (C=O) groups is 1. The lowest BCUT2D eigenvalue weighted by molar-refractivity contribution is 0.0600. The van der Waals surface area contributed by atoms with Gasteiger partial charge in [0, 0.05) is 23.7 Å². The van der Waals surface area contributed by atoms with Crippen LogP contribution in [0.1, 0.15) is 21.7 Å². The van der Waals surface area contributed by atoms with Gasteiger partial charge in [0.2, 0.25) is 0 Å². The van der Waals surface area contributed by atoms with Crippen molar-refractivity contribution >= 4 is 23.5 Å². The van der Waals surface area contributed by atoms with Crippen molar-refractivity contribution in [1.29, 1.82) is 0 Å². The van der Waals surface area contributed by atoms with Crippen molar-refractivity contribution in [2.75, 3.05) is 12.8 Å². The van der Waals surface area contributed by atoms with Gasteiger partial charge in [0.1, 0.15) is 5.82 Å². The van der Waals surface area contributed by atoms with E-state index in [0.29, 0.717) is 22.3 Å². The molecule has 2 N–H and O–H groups in total. The van der Waals surface area contributed by atoms with Crippen molar-refractivity contribution in [3.05, 3.63) is 41.3 Å². The van der Waals surface area contributed by atoms with Crippen LogP contribution in [-0.4, -0.2) is 28.0 Å². The highest BCUT2D eigenvalue weighted by Gasteiger charge is 2.06. The topological polar surface area (TPSA) is 91.0 Å². The monoisotopic (exact) mass is 290 g/mol. The molecule has 2 heterocycles. The van der Waals surface area contributed by atoms with Crippen LogP contribution in [0.15, 0.2) is 29.6 Å². The number of anilines is 1. The highest BCUT2D eigenvalue weighted by Crippen LogP contribution is 2.19. The Labute approximate surface area is 120 Å². The molecule has 0 aliphatic rings. The molecule has 0 radical (unpaired) electrons. The summed E-state index contributed by atoms with van der Waals surface area (Å²) >= 11 is 1.44. The number of rotatable bonds is 4. The smallest absolute Gasteiger partial charge is 0.339 e. The Balaban J connectivity index is 2.02. The molecular weight excluding hydrogens is 276 g/mol. The highest BCUT2D eigenvalue weighted by molar-refractivity contribution is 7.98. The van der Waals surface area contributed by atoms with Crippen molar-refractivity contribution < 1.29 is 9.53 Å². The number of pyridine rings is 1. The van der Waals surface area contributed by atoms with Crippen LogP contribution in [0.2, 0.25) is 0 Å². The van der Waals surface area contributed by atoms with Crippen molar-refractivity contribution in [2.45, 2.75) is 17.8 Å². The summed E-state index contributed by atoms with van der Waals surface area (Å²) in [6.45, 7) is 1.87. The molecule has 0 saturated carbocycles. The van der Waals surface area contributed by atoms with E-state index < -0.39 is 5.97 Å². The van der Waals surface area contributed by atoms with Crippen molar-refractivity contribution in [3.8, 4) is 0 Å². The van der Waals surface area contributed by atoms with Crippen LogP contribution in [0.3, 0.4) is 0 Å². The molecule has 0 saturated heterocycles. The van der Waals surface area contributed by atoms with Gasteiger partial charge in [-0.05, 0) is 19.1 Å². The minimum absolute atomic E-state index is 0.397. The molecule has 7 heteroatoms. The van der Waals surface area contributed by atoms with Gasteiger partial charge in [-0.2, -0.15) is 0 Å². The zero-order chi connectivity index (χ0) is 14.5. The lowest BCUT2D eigenvalue weighted by Gasteiger charge is -2.03. The third-order valence-corrected chi connectivity index (χ3v) is 3.33. The lowest BCUT2D eigenvalue weighted by atomic mass is 10.2. The van der Waals surface area contributed by atoms with Crippen molar-refractivity contribution in [2.24, 2.45) is 0 Å². The molecule has 0 fully saturated rings. The number of methoxy groups -OCH3 is 1. The number of hydrogen-bond acceptors (Lipinski definition) is 7. The Morgan fingerprint density at radius 3 is 2.80 bits per heavy atom. The largest absolute Gasteiger partial charge is 0.465 e. The van der Waals surface area contributed by atoms with E-state index in [9.17, 15) is 4.79 Å². The van der Waals surface area contributed by atoms with Crippen LogP contribution in [0.5, 0.6) is 0 Å². The Morgan fingerprint density at radius 1 is 1.40 bits per heavy atom. The minimum Gasteiger partial charge on any atom is -0.465 e. The summed E-state index contributed by atoms with van der Waals surface area (Å²) in [6, 6.07) is 5.17. The van der Waals surface area contributed by atoms with Gasteiger partial charge in [-0.3, -0.25) is 4.98 Å². The molecule has 0 amide bonds. The van der Waals surface area contributed by atoms with E-state index >= 15 is 0 Å². The molecule has 104 valence electrons. The average molecular weight is 290 g/mol. The molecule has 2 rings (SSSR count). The Morgan fingerprint density at radius 2 is 2.20 bits per heavy atom. The van der Waals surface area contributed by atoms with Crippen LogP contribution in [0.4, 0.5) is 5.82 Å². The second-order valence-electron chi connectivity index (χ2n) is 4.04. The van der Waals surface area contributed by atoms with Gasteiger partial charge in [0.05, 0.1) is 18.4 Å². The third-order valence-electron chi connectivity index (χ3n) is 2.45. The summed E-state index contributed by atoms with van der Waals surface area (Å²) in [7, 11) is 1.34. The van der Waals surface area contributed by atoms with E-state index in [1.54, 1.807) is 18.2 Å². The van der Waals surface area contributed by atoms with Crippen LogP contribution in [0, 0.1) is 6.92 Å². The number of thioether (sulfide) groups is 1. The van der Waals surface area contributed by atoms with E-state index in [1.165, 1.54) is 25.1 Å². The van der Waals surface area contributed by atoms with Crippen molar-refractivity contribution in [1.82, 2.24) is 15.0 Å². The molecule has 0 spiro atoms. The standard InChI is InChI=1S/C13H14N4O2S/c1-8-5-11(14)17-13(16-8)20-7-10-4-3-9(6-15-10)12(18)19-2/h3-6H,7H2,1-2H3,(H2,14,16,17). The van der Waals surface area contributed by atoms with E-state index in [0.717, 1.165) is 11.4 Å². The summed E-state index contributed by atoms with van der Waals surface area (Å²) in [6.07, 6.45) is 1.49. The zero-order valence-electron chi connectivity index (χ0n) is 11.2. The summed E-state index contributed by atoms with van der Waals surface area (Å²) in [5.74, 6) is 0.658. The van der Waals surface area contributed by atoms with E-state index in [1.807, 2.05) is 6.92 Å². The number of ether oxygens (including phenoxy) is 1. The summed E-state index contributed by atoms with van der Waals surface area (Å²) in [5, 5.41) is 0.612. The first-order valence-electron chi connectivity index (χ1n) is 5.85. The maximum absolute atomic E-state index is 11.3. The maximum Gasteiger partial charge on any atom is 0.339 e. The number of nitrogens with two attached hydrogens (primary N) is 1. The second-order valence-corrected chi connectivity index (χ2v) is 4.98. The number of hydrogen-bond donors (Lipinski definition) is 1. The summed E-state index contributed by atoms with van der Waals surface area (Å²) < 4.78 is 4.61. The number of nitrogens with zero attached hydrogens (tertiary/aromatic N) is 3. The Bertz CT molecular complexity index is 596. The van der Waals surface area contributed by atoms with Gasteiger partial charge in [-0.1, -0.05) is 11.8 Å². The fourth-order valence-corrected chi connectivity index (χ4v) is 2.34. The van der Waals surface area contributed by atoms with Gasteiger partial charge < -0.3 is 10.5 Å². The summed E-state index contributed by atoms with van der Waals surface area (Å²) in [4.78, 5) is 23.9. The third kappa shape index (κ3) is 3.67. The number of esters is 1. The van der Waals surface area contributed by atoms with Gasteiger partial charge >= 0.3 is 5.97 Å². The Hall–Kier alpha value is -2.15. The molecule has 2 aromatic heterocycles. The average Bonchev–Trinajstić information content (AvgIpc) is 2.44. The molecule has 2 aromatic rings. The lowest BCUT2D eigenvalue weighted by Crippen LogP contribution is -2.02. The molecule has 6 nitrogen and oxygen atoms in total. The van der Waals surface area contributed by atoms with Gasteiger partial charge in [-0.15, -0.1) is 0 Å². The molecule has 0 aliphatic carbocycles. The number of carbonyl (C=O) groups excluding carboxylic acids is 1. The first-order chi connectivity index (χ1) is 9.58. The van der Waals surface area contributed by atoms with Crippen molar-refractivity contribution in [3.63, 3.8) is 0 Å². The number of nitrogen functional groups attached to an aromatic ring is 1. The molecule has 20 heavy (non-hydrogen) atoms. The minimum atomic E-state index is -0.397. The quantitative estimate of drug-likeness (QED) is 0.522. The molecular formula is C13H14N4O2S. The van der Waals surface area contributed by atoms with E-state index in [-0.39, 0.29) is 0 Å². The number of aryl methyl sites for hydroxylation is 1. The van der Waals surface area contributed by atoms with Crippen LogP contribution >= 0.6 is 11.8 Å². The predicted molar refractivity (Wildman–Crippen MR) is 76.3 cm³/mol. The summed E-state index contributed by atoms with van der Waals surface area (Å²) in [5.41, 5.74) is 7.75. The molecule has 0 aromatic carbocycles. The fraction of sp³-hybridized carbons (Fsp3) is 0.231. The molecule has 0 bridgehead atoms. The van der Waals surface area contributed by atoms with Crippen LogP contribution in [0.25, 0.3) is 0 Å². The fourth-order valence-electron chi connectivity index (χ4n) is 1.52. The maximum atomic E-state index is 11.3. The molecule has 0 aliphatic heterocycles. The first kappa shape index (κ1) is 14.3. The van der Waals surface area contributed by atoms with Gasteiger partial charge in [0.15, 0.2) is 5.16 Å².